The molecule has 35 heavy (non-hydrogen) atoms. The number of sulfone groups is 1. The van der Waals surface area contributed by atoms with Gasteiger partial charge in [-0.3, -0.25) is 4.79 Å². The molecule has 1 spiro atoms. The molecular weight excluding hydrogens is 469 g/mol. The minimum absolute atomic E-state index is 0.0157. The van der Waals surface area contributed by atoms with Crippen molar-refractivity contribution in [3.05, 3.63) is 59.4 Å². The van der Waals surface area contributed by atoms with Crippen molar-refractivity contribution in [1.29, 1.82) is 0 Å². The number of rotatable bonds is 4. The van der Waals surface area contributed by atoms with E-state index >= 15 is 0 Å². The molecule has 0 radical (unpaired) electrons. The maximum Gasteiger partial charge on any atom is 0.253 e. The Morgan fingerprint density at radius 2 is 1.74 bits per heavy atom. The Bertz CT molecular complexity index is 1190. The molecule has 0 N–H and O–H groups in total. The first-order valence-corrected chi connectivity index (χ1v) is 13.6. The highest BCUT2D eigenvalue weighted by atomic mass is 32.2. The van der Waals surface area contributed by atoms with E-state index in [1.165, 1.54) is 24.3 Å². The van der Waals surface area contributed by atoms with Gasteiger partial charge in [-0.2, -0.15) is 0 Å². The van der Waals surface area contributed by atoms with Crippen LogP contribution in [0.3, 0.4) is 0 Å². The van der Waals surface area contributed by atoms with Crippen molar-refractivity contribution in [3.8, 4) is 5.75 Å². The third-order valence-electron chi connectivity index (χ3n) is 6.82. The number of carbonyl (C=O) groups is 1. The molecule has 8 heteroatoms. The van der Waals surface area contributed by atoms with Gasteiger partial charge in [-0.25, -0.2) is 12.8 Å². The van der Waals surface area contributed by atoms with Gasteiger partial charge in [-0.15, -0.1) is 0 Å². The Morgan fingerprint density at radius 3 is 2.31 bits per heavy atom. The van der Waals surface area contributed by atoms with Gasteiger partial charge in [0.25, 0.3) is 5.91 Å². The zero-order valence-corrected chi connectivity index (χ0v) is 21.8. The smallest absolute Gasteiger partial charge is 0.253 e. The number of piperidine rings is 1. The van der Waals surface area contributed by atoms with Gasteiger partial charge in [0.2, 0.25) is 0 Å². The Hall–Kier alpha value is -2.45. The number of amides is 1. The summed E-state index contributed by atoms with van der Waals surface area (Å²) in [5.74, 6) is 0.189. The Labute approximate surface area is 207 Å². The molecule has 0 unspecified atom stereocenters. The van der Waals surface area contributed by atoms with E-state index in [2.05, 4.69) is 0 Å². The standard InChI is InChI=1S/C27H34FNO5S/c1-18(2)33-24-17-27(34-23-11-8-20(28)16-22(23)24)12-14-29(15-13-27)25(30)19-6-9-21(10-7-19)35(31,32)26(3,4)5/h6-11,16,18,24H,12-15,17H2,1-5H3/t24-/m0/s1. The van der Waals surface area contributed by atoms with Crippen LogP contribution in [-0.4, -0.2) is 48.8 Å². The Kier molecular flexibility index (Phi) is 6.74. The van der Waals surface area contributed by atoms with Gasteiger partial charge in [0.05, 0.1) is 21.9 Å². The van der Waals surface area contributed by atoms with Crippen molar-refractivity contribution in [2.75, 3.05) is 13.1 Å². The first-order chi connectivity index (χ1) is 16.3. The highest BCUT2D eigenvalue weighted by Gasteiger charge is 2.45. The van der Waals surface area contributed by atoms with E-state index in [9.17, 15) is 17.6 Å². The zero-order chi connectivity index (χ0) is 25.6. The summed E-state index contributed by atoms with van der Waals surface area (Å²) in [6, 6.07) is 10.7. The molecular formula is C27H34FNO5S. The predicted molar refractivity (Wildman–Crippen MR) is 132 cm³/mol. The van der Waals surface area contributed by atoms with E-state index in [4.69, 9.17) is 9.47 Å². The van der Waals surface area contributed by atoms with E-state index in [1.54, 1.807) is 43.9 Å². The van der Waals surface area contributed by atoms with Crippen molar-refractivity contribution in [2.24, 2.45) is 0 Å². The van der Waals surface area contributed by atoms with Crippen molar-refractivity contribution in [1.82, 2.24) is 4.90 Å². The monoisotopic (exact) mass is 503 g/mol. The second-order valence-electron chi connectivity index (χ2n) is 10.8. The number of carbonyl (C=O) groups excluding carboxylic acids is 1. The summed E-state index contributed by atoms with van der Waals surface area (Å²) in [6.07, 6.45) is 1.57. The average molecular weight is 504 g/mol. The fourth-order valence-corrected chi connectivity index (χ4v) is 5.97. The normalized spacial score (nSPS) is 20.0. The van der Waals surface area contributed by atoms with E-state index in [1.807, 2.05) is 13.8 Å². The molecule has 0 aliphatic carbocycles. The van der Waals surface area contributed by atoms with Crippen LogP contribution in [0.2, 0.25) is 0 Å². The number of likely N-dealkylation sites (tertiary alicyclic amines) is 1. The van der Waals surface area contributed by atoms with Crippen LogP contribution in [0.15, 0.2) is 47.4 Å². The summed E-state index contributed by atoms with van der Waals surface area (Å²) < 4.78 is 50.8. The molecule has 2 heterocycles. The minimum Gasteiger partial charge on any atom is -0.487 e. The lowest BCUT2D eigenvalue weighted by molar-refractivity contribution is -0.0873. The minimum atomic E-state index is -3.48. The molecule has 2 aliphatic rings. The fraction of sp³-hybridized carbons (Fsp3) is 0.519. The molecule has 1 atom stereocenters. The van der Waals surface area contributed by atoms with Gasteiger partial charge in [0.1, 0.15) is 17.2 Å². The Morgan fingerprint density at radius 1 is 1.11 bits per heavy atom. The number of hydrogen-bond donors (Lipinski definition) is 0. The maximum absolute atomic E-state index is 13.9. The first kappa shape index (κ1) is 25.6. The maximum atomic E-state index is 13.9. The number of benzene rings is 2. The fourth-order valence-electron chi connectivity index (χ4n) is 4.77. The first-order valence-electron chi connectivity index (χ1n) is 12.1. The van der Waals surface area contributed by atoms with Gasteiger partial charge >= 0.3 is 0 Å². The van der Waals surface area contributed by atoms with Crippen molar-refractivity contribution >= 4 is 15.7 Å². The SMILES string of the molecule is CC(C)O[C@H]1CC2(CCN(C(=O)c3ccc(S(=O)(=O)C(C)(C)C)cc3)CC2)Oc2ccc(F)cc21. The van der Waals surface area contributed by atoms with Crippen molar-refractivity contribution in [2.45, 2.75) is 81.3 Å². The summed E-state index contributed by atoms with van der Waals surface area (Å²) in [4.78, 5) is 15.1. The van der Waals surface area contributed by atoms with E-state index in [0.717, 1.165) is 5.56 Å². The van der Waals surface area contributed by atoms with Gasteiger partial charge in [-0.1, -0.05) is 0 Å². The number of halogens is 1. The lowest BCUT2D eigenvalue weighted by atomic mass is 9.81. The second-order valence-corrected chi connectivity index (χ2v) is 13.5. The lowest BCUT2D eigenvalue weighted by Gasteiger charge is -2.47. The molecule has 0 saturated carbocycles. The van der Waals surface area contributed by atoms with E-state index < -0.39 is 20.2 Å². The van der Waals surface area contributed by atoms with E-state index in [-0.39, 0.29) is 28.8 Å². The van der Waals surface area contributed by atoms with Gasteiger partial charge in [0, 0.05) is 43.5 Å². The summed E-state index contributed by atoms with van der Waals surface area (Å²) in [7, 11) is -3.48. The molecule has 0 bridgehead atoms. The molecule has 2 aromatic carbocycles. The van der Waals surface area contributed by atoms with Crippen LogP contribution in [0.1, 0.15) is 75.9 Å². The van der Waals surface area contributed by atoms with Crippen LogP contribution in [0.5, 0.6) is 5.75 Å². The largest absolute Gasteiger partial charge is 0.487 e. The highest BCUT2D eigenvalue weighted by Crippen LogP contribution is 2.46. The van der Waals surface area contributed by atoms with Crippen LogP contribution in [0.25, 0.3) is 0 Å². The van der Waals surface area contributed by atoms with Crippen molar-refractivity contribution in [3.63, 3.8) is 0 Å². The zero-order valence-electron chi connectivity index (χ0n) is 21.0. The molecule has 6 nitrogen and oxygen atoms in total. The summed E-state index contributed by atoms with van der Waals surface area (Å²) in [5, 5.41) is 0. The van der Waals surface area contributed by atoms with Gasteiger partial charge in [0.15, 0.2) is 9.84 Å². The predicted octanol–water partition coefficient (Wildman–Crippen LogP) is 5.32. The van der Waals surface area contributed by atoms with Crippen LogP contribution < -0.4 is 4.74 Å². The second kappa shape index (κ2) is 9.21. The van der Waals surface area contributed by atoms with Crippen LogP contribution in [-0.2, 0) is 14.6 Å². The topological polar surface area (TPSA) is 72.9 Å². The molecule has 190 valence electrons. The third-order valence-corrected chi connectivity index (χ3v) is 9.32. The summed E-state index contributed by atoms with van der Waals surface area (Å²) in [5.41, 5.74) is 0.708. The van der Waals surface area contributed by atoms with Crippen LogP contribution >= 0.6 is 0 Å². The van der Waals surface area contributed by atoms with Gasteiger partial charge < -0.3 is 14.4 Å². The molecule has 2 aromatic rings. The molecule has 1 amide bonds. The summed E-state index contributed by atoms with van der Waals surface area (Å²) >= 11 is 0. The number of ether oxygens (including phenoxy) is 2. The number of fused-ring (bicyclic) bond motifs is 1. The van der Waals surface area contributed by atoms with Gasteiger partial charge in [-0.05, 0) is 77.1 Å². The van der Waals surface area contributed by atoms with Crippen LogP contribution in [0.4, 0.5) is 4.39 Å². The molecule has 2 aliphatic heterocycles. The molecule has 1 fully saturated rings. The highest BCUT2D eigenvalue weighted by molar-refractivity contribution is 7.92. The molecule has 4 rings (SSSR count). The average Bonchev–Trinajstić information content (AvgIpc) is 2.79. The van der Waals surface area contributed by atoms with E-state index in [0.29, 0.717) is 43.7 Å². The summed E-state index contributed by atoms with van der Waals surface area (Å²) in [6.45, 7) is 9.90. The quantitative estimate of drug-likeness (QED) is 0.565. The number of nitrogens with zero attached hydrogens (tertiary/aromatic N) is 1. The Balaban J connectivity index is 1.47. The molecule has 0 aromatic heterocycles. The van der Waals surface area contributed by atoms with Crippen LogP contribution in [0, 0.1) is 5.82 Å². The van der Waals surface area contributed by atoms with Crippen molar-refractivity contribution < 1.29 is 27.1 Å². The third kappa shape index (κ3) is 5.09. The lowest BCUT2D eigenvalue weighted by Crippen LogP contribution is -2.52. The molecule has 1 saturated heterocycles. The number of hydrogen-bond acceptors (Lipinski definition) is 5.